The quantitative estimate of drug-likeness (QED) is 0.683. The van der Waals surface area contributed by atoms with Crippen LogP contribution in [0, 0.1) is 5.92 Å². The number of amides is 1. The Balaban J connectivity index is 1.54. The van der Waals surface area contributed by atoms with Crippen molar-refractivity contribution in [2.75, 3.05) is 37.4 Å². The van der Waals surface area contributed by atoms with E-state index >= 15 is 0 Å². The SMILES string of the molecule is C[C@H]1CCCN(c2ccc([C@H](C)NC(=S)Nc3ccc(C(=O)N(C)C)cc3)cc2)C1. The molecule has 5 nitrogen and oxygen atoms in total. The van der Waals surface area contributed by atoms with Crippen molar-refractivity contribution in [1.82, 2.24) is 10.2 Å². The Labute approximate surface area is 185 Å². The lowest BCUT2D eigenvalue weighted by Gasteiger charge is -2.33. The van der Waals surface area contributed by atoms with E-state index in [9.17, 15) is 4.79 Å². The van der Waals surface area contributed by atoms with Gasteiger partial charge in [0.2, 0.25) is 0 Å². The zero-order valence-corrected chi connectivity index (χ0v) is 19.1. The van der Waals surface area contributed by atoms with Crippen LogP contribution in [0.3, 0.4) is 0 Å². The number of nitrogens with zero attached hydrogens (tertiary/aromatic N) is 2. The van der Waals surface area contributed by atoms with Crippen LogP contribution in [0.2, 0.25) is 0 Å². The number of piperidine rings is 1. The van der Waals surface area contributed by atoms with Crippen molar-refractivity contribution in [3.63, 3.8) is 0 Å². The van der Waals surface area contributed by atoms with Crippen LogP contribution in [0.15, 0.2) is 48.5 Å². The van der Waals surface area contributed by atoms with E-state index in [0.717, 1.165) is 24.7 Å². The molecule has 2 aromatic rings. The molecule has 0 unspecified atom stereocenters. The first-order valence-electron chi connectivity index (χ1n) is 10.6. The third-order valence-corrected chi connectivity index (χ3v) is 5.78. The largest absolute Gasteiger partial charge is 0.371 e. The maximum atomic E-state index is 12.0. The number of hydrogen-bond acceptors (Lipinski definition) is 3. The van der Waals surface area contributed by atoms with E-state index in [1.807, 2.05) is 12.1 Å². The second kappa shape index (κ2) is 9.94. The molecule has 1 aliphatic heterocycles. The first-order valence-corrected chi connectivity index (χ1v) is 11.0. The average Bonchev–Trinajstić information content (AvgIpc) is 2.73. The fraction of sp³-hybridized carbons (Fsp3) is 0.417. The van der Waals surface area contributed by atoms with E-state index in [2.05, 4.69) is 53.6 Å². The van der Waals surface area contributed by atoms with Gasteiger partial charge in [0.25, 0.3) is 5.91 Å². The molecule has 0 bridgehead atoms. The molecule has 2 atom stereocenters. The molecule has 2 N–H and O–H groups in total. The van der Waals surface area contributed by atoms with E-state index in [-0.39, 0.29) is 11.9 Å². The molecule has 1 fully saturated rings. The van der Waals surface area contributed by atoms with E-state index in [0.29, 0.717) is 10.7 Å². The van der Waals surface area contributed by atoms with Crippen LogP contribution in [0.1, 0.15) is 48.7 Å². The van der Waals surface area contributed by atoms with Crippen LogP contribution < -0.4 is 15.5 Å². The molecule has 30 heavy (non-hydrogen) atoms. The van der Waals surface area contributed by atoms with Gasteiger partial charge in [-0.05, 0) is 79.9 Å². The Morgan fingerprint density at radius 3 is 2.40 bits per heavy atom. The number of carbonyl (C=O) groups excluding carboxylic acids is 1. The summed E-state index contributed by atoms with van der Waals surface area (Å²) in [6.45, 7) is 6.71. The molecule has 0 radical (unpaired) electrons. The van der Waals surface area contributed by atoms with Gasteiger partial charge in [0.05, 0.1) is 6.04 Å². The molecule has 1 aliphatic rings. The van der Waals surface area contributed by atoms with Gasteiger partial charge in [-0.15, -0.1) is 0 Å². The zero-order valence-electron chi connectivity index (χ0n) is 18.3. The zero-order chi connectivity index (χ0) is 21.7. The summed E-state index contributed by atoms with van der Waals surface area (Å²) in [5.41, 5.74) is 4.00. The van der Waals surface area contributed by atoms with Gasteiger partial charge in [-0.1, -0.05) is 19.1 Å². The average molecular weight is 425 g/mol. The van der Waals surface area contributed by atoms with E-state index < -0.39 is 0 Å². The molecule has 6 heteroatoms. The normalized spacial score (nSPS) is 17.2. The molecule has 0 aliphatic carbocycles. The Morgan fingerprint density at radius 1 is 1.13 bits per heavy atom. The van der Waals surface area contributed by atoms with Crippen molar-refractivity contribution in [2.24, 2.45) is 5.92 Å². The van der Waals surface area contributed by atoms with Crippen molar-refractivity contribution in [2.45, 2.75) is 32.7 Å². The highest BCUT2D eigenvalue weighted by atomic mass is 32.1. The van der Waals surface area contributed by atoms with Crippen molar-refractivity contribution in [1.29, 1.82) is 0 Å². The first kappa shape index (κ1) is 22.1. The second-order valence-corrected chi connectivity index (χ2v) is 8.79. The number of rotatable bonds is 5. The molecule has 2 aromatic carbocycles. The summed E-state index contributed by atoms with van der Waals surface area (Å²) in [5.74, 6) is 0.746. The molecule has 160 valence electrons. The standard InChI is InChI=1S/C24H32N4OS/c1-17-6-5-15-28(16-17)22-13-9-19(10-14-22)18(2)25-24(30)26-21-11-7-20(8-12-21)23(29)27(3)4/h7-14,17-18H,5-6,15-16H2,1-4H3,(H2,25,26,30)/t17-,18-/m0/s1. The van der Waals surface area contributed by atoms with Gasteiger partial charge in [0, 0.05) is 44.1 Å². The smallest absolute Gasteiger partial charge is 0.253 e. The minimum absolute atomic E-state index is 0.0154. The fourth-order valence-electron chi connectivity index (χ4n) is 3.80. The summed E-state index contributed by atoms with van der Waals surface area (Å²) in [4.78, 5) is 16.0. The lowest BCUT2D eigenvalue weighted by atomic mass is 9.99. The van der Waals surface area contributed by atoms with Gasteiger partial charge in [-0.2, -0.15) is 0 Å². The minimum Gasteiger partial charge on any atom is -0.371 e. The molecule has 1 heterocycles. The van der Waals surface area contributed by atoms with Crippen LogP contribution in [-0.4, -0.2) is 43.1 Å². The second-order valence-electron chi connectivity index (χ2n) is 8.38. The van der Waals surface area contributed by atoms with Crippen molar-refractivity contribution in [3.05, 3.63) is 59.7 Å². The number of hydrogen-bond donors (Lipinski definition) is 2. The summed E-state index contributed by atoms with van der Waals surface area (Å²) < 4.78 is 0. The Hall–Kier alpha value is -2.60. The Kier molecular flexibility index (Phi) is 7.32. The molecule has 1 saturated heterocycles. The van der Waals surface area contributed by atoms with Crippen LogP contribution in [-0.2, 0) is 0 Å². The van der Waals surface area contributed by atoms with E-state index in [1.165, 1.54) is 24.1 Å². The maximum absolute atomic E-state index is 12.0. The lowest BCUT2D eigenvalue weighted by Crippen LogP contribution is -2.34. The summed E-state index contributed by atoms with van der Waals surface area (Å²) in [7, 11) is 3.49. The molecular weight excluding hydrogens is 392 g/mol. The summed E-state index contributed by atoms with van der Waals surface area (Å²) in [5, 5.41) is 7.09. The first-order chi connectivity index (χ1) is 14.3. The van der Waals surface area contributed by atoms with Crippen LogP contribution in [0.5, 0.6) is 0 Å². The van der Waals surface area contributed by atoms with Gasteiger partial charge >= 0.3 is 0 Å². The van der Waals surface area contributed by atoms with E-state index in [1.54, 1.807) is 31.1 Å². The van der Waals surface area contributed by atoms with Gasteiger partial charge in [-0.3, -0.25) is 4.79 Å². The summed E-state index contributed by atoms with van der Waals surface area (Å²) in [6.07, 6.45) is 2.60. The van der Waals surface area contributed by atoms with Crippen LogP contribution in [0.25, 0.3) is 0 Å². The van der Waals surface area contributed by atoms with Gasteiger partial charge < -0.3 is 20.4 Å². The Morgan fingerprint density at radius 2 is 1.80 bits per heavy atom. The van der Waals surface area contributed by atoms with Gasteiger partial charge in [0.15, 0.2) is 5.11 Å². The third kappa shape index (κ3) is 5.72. The highest BCUT2D eigenvalue weighted by Gasteiger charge is 2.17. The molecule has 0 saturated carbocycles. The maximum Gasteiger partial charge on any atom is 0.253 e. The fourth-order valence-corrected chi connectivity index (χ4v) is 4.09. The number of anilines is 2. The van der Waals surface area contributed by atoms with Crippen molar-refractivity contribution in [3.8, 4) is 0 Å². The lowest BCUT2D eigenvalue weighted by molar-refractivity contribution is 0.0827. The molecule has 0 spiro atoms. The number of benzene rings is 2. The highest BCUT2D eigenvalue weighted by Crippen LogP contribution is 2.24. The molecule has 0 aromatic heterocycles. The Bertz CT molecular complexity index is 864. The summed E-state index contributed by atoms with van der Waals surface area (Å²) in [6, 6.07) is 16.2. The monoisotopic (exact) mass is 424 g/mol. The molecule has 3 rings (SSSR count). The van der Waals surface area contributed by atoms with Crippen molar-refractivity contribution >= 4 is 34.6 Å². The number of nitrogens with one attached hydrogen (secondary N) is 2. The van der Waals surface area contributed by atoms with Gasteiger partial charge in [-0.25, -0.2) is 0 Å². The minimum atomic E-state index is -0.0154. The number of carbonyl (C=O) groups is 1. The van der Waals surface area contributed by atoms with Crippen LogP contribution in [0.4, 0.5) is 11.4 Å². The highest BCUT2D eigenvalue weighted by molar-refractivity contribution is 7.80. The van der Waals surface area contributed by atoms with Crippen molar-refractivity contribution < 1.29 is 4.79 Å². The molecular formula is C24H32N4OS. The van der Waals surface area contributed by atoms with E-state index in [4.69, 9.17) is 12.2 Å². The third-order valence-electron chi connectivity index (χ3n) is 5.56. The predicted octanol–water partition coefficient (Wildman–Crippen LogP) is 4.67. The summed E-state index contributed by atoms with van der Waals surface area (Å²) >= 11 is 5.47. The number of thiocarbonyl (C=S) groups is 1. The molecule has 1 amide bonds. The topological polar surface area (TPSA) is 47.6 Å². The predicted molar refractivity (Wildman–Crippen MR) is 129 cm³/mol. The van der Waals surface area contributed by atoms with Crippen LogP contribution >= 0.6 is 12.2 Å². The van der Waals surface area contributed by atoms with Gasteiger partial charge in [0.1, 0.15) is 0 Å².